The molecule has 0 saturated carbocycles. The summed E-state index contributed by atoms with van der Waals surface area (Å²) >= 11 is 0. The van der Waals surface area contributed by atoms with Crippen molar-refractivity contribution in [1.29, 1.82) is 0 Å². The Labute approximate surface area is 116 Å². The zero-order chi connectivity index (χ0) is 16.1. The SMILES string of the molecule is CCN(CC(F)(F)F)C(=O)[C@@H](C)NC(=O)OC(C)(C)C. The lowest BCUT2D eigenvalue weighted by molar-refractivity contribution is -0.161. The Balaban J connectivity index is 4.56. The van der Waals surface area contributed by atoms with E-state index in [2.05, 4.69) is 5.32 Å². The Morgan fingerprint density at radius 1 is 1.25 bits per heavy atom. The van der Waals surface area contributed by atoms with Crippen molar-refractivity contribution < 1.29 is 27.5 Å². The van der Waals surface area contributed by atoms with E-state index in [0.717, 1.165) is 0 Å². The van der Waals surface area contributed by atoms with E-state index < -0.39 is 36.4 Å². The summed E-state index contributed by atoms with van der Waals surface area (Å²) in [5.41, 5.74) is -0.747. The normalized spacial score (nSPS) is 13.6. The molecule has 0 bridgehead atoms. The van der Waals surface area contributed by atoms with Gasteiger partial charge in [-0.3, -0.25) is 4.79 Å². The highest BCUT2D eigenvalue weighted by molar-refractivity contribution is 5.85. The fourth-order valence-electron chi connectivity index (χ4n) is 1.38. The van der Waals surface area contributed by atoms with Crippen molar-refractivity contribution in [2.75, 3.05) is 13.1 Å². The second kappa shape index (κ2) is 6.81. The smallest absolute Gasteiger partial charge is 0.408 e. The summed E-state index contributed by atoms with van der Waals surface area (Å²) in [4.78, 5) is 23.9. The summed E-state index contributed by atoms with van der Waals surface area (Å²) < 4.78 is 41.8. The van der Waals surface area contributed by atoms with E-state index in [1.165, 1.54) is 13.8 Å². The number of likely N-dealkylation sites (N-methyl/N-ethyl adjacent to an activating group) is 1. The van der Waals surface area contributed by atoms with Crippen molar-refractivity contribution in [3.05, 3.63) is 0 Å². The van der Waals surface area contributed by atoms with Gasteiger partial charge in [0.15, 0.2) is 0 Å². The maximum atomic E-state index is 12.3. The van der Waals surface area contributed by atoms with Crippen LogP contribution in [-0.4, -0.2) is 47.8 Å². The van der Waals surface area contributed by atoms with Crippen molar-refractivity contribution in [3.63, 3.8) is 0 Å². The number of hydrogen-bond donors (Lipinski definition) is 1. The Hall–Kier alpha value is -1.47. The van der Waals surface area contributed by atoms with Crippen LogP contribution in [0.1, 0.15) is 34.6 Å². The number of alkyl carbamates (subject to hydrolysis) is 1. The van der Waals surface area contributed by atoms with Crippen molar-refractivity contribution in [1.82, 2.24) is 10.2 Å². The summed E-state index contributed by atoms with van der Waals surface area (Å²) in [6, 6.07) is -1.09. The molecule has 0 aromatic carbocycles. The molecule has 0 saturated heterocycles. The van der Waals surface area contributed by atoms with Gasteiger partial charge < -0.3 is 15.0 Å². The predicted molar refractivity (Wildman–Crippen MR) is 67.1 cm³/mol. The van der Waals surface area contributed by atoms with Gasteiger partial charge in [-0.05, 0) is 34.6 Å². The Kier molecular flexibility index (Phi) is 6.31. The predicted octanol–water partition coefficient (Wildman–Crippen LogP) is 2.31. The first-order chi connectivity index (χ1) is 8.85. The van der Waals surface area contributed by atoms with Crippen molar-refractivity contribution in [2.45, 2.75) is 52.4 Å². The first-order valence-corrected chi connectivity index (χ1v) is 6.20. The first-order valence-electron chi connectivity index (χ1n) is 6.20. The van der Waals surface area contributed by atoms with Gasteiger partial charge in [0.25, 0.3) is 0 Å². The lowest BCUT2D eigenvalue weighted by atomic mass is 10.2. The molecule has 0 aromatic rings. The molecule has 0 unspecified atom stereocenters. The molecule has 0 fully saturated rings. The van der Waals surface area contributed by atoms with E-state index >= 15 is 0 Å². The molecule has 8 heteroatoms. The second-order valence-corrected chi connectivity index (χ2v) is 5.34. The summed E-state index contributed by atoms with van der Waals surface area (Å²) in [6.45, 7) is 6.22. The lowest BCUT2D eigenvalue weighted by Gasteiger charge is -2.26. The molecule has 118 valence electrons. The van der Waals surface area contributed by atoms with Gasteiger partial charge in [0.2, 0.25) is 5.91 Å². The third kappa shape index (κ3) is 7.85. The van der Waals surface area contributed by atoms with Crippen LogP contribution in [0.4, 0.5) is 18.0 Å². The summed E-state index contributed by atoms with van der Waals surface area (Å²) in [5, 5.41) is 2.22. The third-order valence-electron chi connectivity index (χ3n) is 2.17. The Morgan fingerprint density at radius 3 is 2.10 bits per heavy atom. The Morgan fingerprint density at radius 2 is 1.75 bits per heavy atom. The molecule has 0 radical (unpaired) electrons. The number of rotatable bonds is 4. The van der Waals surface area contributed by atoms with Crippen molar-refractivity contribution in [2.24, 2.45) is 0 Å². The number of nitrogens with one attached hydrogen (secondary N) is 1. The minimum Gasteiger partial charge on any atom is -0.444 e. The van der Waals surface area contributed by atoms with Gasteiger partial charge in [0, 0.05) is 6.54 Å². The van der Waals surface area contributed by atoms with Crippen LogP contribution in [0.25, 0.3) is 0 Å². The van der Waals surface area contributed by atoms with Gasteiger partial charge in [0.05, 0.1) is 0 Å². The van der Waals surface area contributed by atoms with E-state index in [1.54, 1.807) is 20.8 Å². The molecule has 5 nitrogen and oxygen atoms in total. The molecule has 20 heavy (non-hydrogen) atoms. The van der Waals surface area contributed by atoms with Crippen molar-refractivity contribution >= 4 is 12.0 Å². The molecule has 1 atom stereocenters. The maximum absolute atomic E-state index is 12.3. The van der Waals surface area contributed by atoms with Crippen LogP contribution in [-0.2, 0) is 9.53 Å². The largest absolute Gasteiger partial charge is 0.444 e. The van der Waals surface area contributed by atoms with E-state index in [4.69, 9.17) is 4.74 Å². The quantitative estimate of drug-likeness (QED) is 0.866. The molecule has 0 rings (SSSR count). The van der Waals surface area contributed by atoms with Gasteiger partial charge in [-0.1, -0.05) is 0 Å². The van der Waals surface area contributed by atoms with Crippen LogP contribution in [0.3, 0.4) is 0 Å². The van der Waals surface area contributed by atoms with Crippen LogP contribution in [0.15, 0.2) is 0 Å². The van der Waals surface area contributed by atoms with Crippen LogP contribution < -0.4 is 5.32 Å². The van der Waals surface area contributed by atoms with Crippen molar-refractivity contribution in [3.8, 4) is 0 Å². The molecule has 0 spiro atoms. The highest BCUT2D eigenvalue weighted by Gasteiger charge is 2.34. The molecule has 0 heterocycles. The molecule has 0 aliphatic heterocycles. The monoisotopic (exact) mass is 298 g/mol. The number of nitrogens with zero attached hydrogens (tertiary/aromatic N) is 1. The van der Waals surface area contributed by atoms with Gasteiger partial charge in [-0.15, -0.1) is 0 Å². The molecular weight excluding hydrogens is 277 g/mol. The van der Waals surface area contributed by atoms with Gasteiger partial charge in [0.1, 0.15) is 18.2 Å². The summed E-state index contributed by atoms with van der Waals surface area (Å²) in [7, 11) is 0. The number of alkyl halides is 3. The fraction of sp³-hybridized carbons (Fsp3) is 0.833. The van der Waals surface area contributed by atoms with E-state index in [-0.39, 0.29) is 6.54 Å². The molecule has 1 N–H and O–H groups in total. The maximum Gasteiger partial charge on any atom is 0.408 e. The van der Waals surface area contributed by atoms with E-state index in [0.29, 0.717) is 4.90 Å². The van der Waals surface area contributed by atoms with Crippen LogP contribution >= 0.6 is 0 Å². The molecule has 0 aromatic heterocycles. The number of halogens is 3. The number of carbonyl (C=O) groups is 2. The highest BCUT2D eigenvalue weighted by atomic mass is 19.4. The van der Waals surface area contributed by atoms with Crippen LogP contribution in [0.5, 0.6) is 0 Å². The second-order valence-electron chi connectivity index (χ2n) is 5.34. The standard InChI is InChI=1S/C12H21F3N2O3/c1-6-17(7-12(13,14)15)9(18)8(2)16-10(19)20-11(3,4)5/h8H,6-7H2,1-5H3,(H,16,19)/t8-/m1/s1. The van der Waals surface area contributed by atoms with Gasteiger partial charge in [-0.2, -0.15) is 13.2 Å². The topological polar surface area (TPSA) is 58.6 Å². The average Bonchev–Trinajstić information content (AvgIpc) is 2.20. The third-order valence-corrected chi connectivity index (χ3v) is 2.17. The van der Waals surface area contributed by atoms with Crippen LogP contribution in [0, 0.1) is 0 Å². The molecule has 0 aliphatic rings. The zero-order valence-corrected chi connectivity index (χ0v) is 12.3. The number of hydrogen-bond acceptors (Lipinski definition) is 3. The molecule has 2 amide bonds. The minimum absolute atomic E-state index is 0.0985. The van der Waals surface area contributed by atoms with Gasteiger partial charge in [-0.25, -0.2) is 4.79 Å². The number of amides is 2. The lowest BCUT2D eigenvalue weighted by Crippen LogP contribution is -2.50. The van der Waals surface area contributed by atoms with Gasteiger partial charge >= 0.3 is 12.3 Å². The zero-order valence-electron chi connectivity index (χ0n) is 12.3. The molecule has 0 aliphatic carbocycles. The fourth-order valence-corrected chi connectivity index (χ4v) is 1.38. The van der Waals surface area contributed by atoms with Crippen LogP contribution in [0.2, 0.25) is 0 Å². The summed E-state index contributed by atoms with van der Waals surface area (Å²) in [6.07, 6.45) is -5.32. The molecular formula is C12H21F3N2O3. The van der Waals surface area contributed by atoms with E-state index in [1.807, 2.05) is 0 Å². The highest BCUT2D eigenvalue weighted by Crippen LogP contribution is 2.17. The Bertz CT molecular complexity index is 351. The average molecular weight is 298 g/mol. The van der Waals surface area contributed by atoms with E-state index in [9.17, 15) is 22.8 Å². The number of ether oxygens (including phenoxy) is 1. The first kappa shape index (κ1) is 18.5. The number of carbonyl (C=O) groups excluding carboxylic acids is 2. The minimum atomic E-state index is -4.47. The summed E-state index contributed by atoms with van der Waals surface area (Å²) in [5.74, 6) is -0.810.